The minimum absolute atomic E-state index is 0.0650. The summed E-state index contributed by atoms with van der Waals surface area (Å²) >= 11 is 0. The van der Waals surface area contributed by atoms with E-state index in [0.29, 0.717) is 48.1 Å². The quantitative estimate of drug-likeness (QED) is 0.323. The number of Topliss-reactive ketones (excluding diaryl/α,β-unsaturated/α-hetero) is 1. The van der Waals surface area contributed by atoms with Crippen molar-refractivity contribution in [2.45, 2.75) is 26.3 Å². The Hall–Kier alpha value is -3.32. The van der Waals surface area contributed by atoms with Gasteiger partial charge in [0.25, 0.3) is 11.7 Å². The van der Waals surface area contributed by atoms with Gasteiger partial charge in [0.05, 0.1) is 25.3 Å². The summed E-state index contributed by atoms with van der Waals surface area (Å²) in [6, 6.07) is 13.4. The van der Waals surface area contributed by atoms with Gasteiger partial charge in [-0.25, -0.2) is 0 Å². The minimum Gasteiger partial charge on any atom is -0.507 e. The first-order chi connectivity index (χ1) is 16.2. The van der Waals surface area contributed by atoms with Gasteiger partial charge in [-0.3, -0.25) is 9.59 Å². The molecule has 2 aromatic rings. The number of nitrogens with zero attached hydrogens (tertiary/aromatic N) is 2. The number of ketones is 1. The molecule has 1 N–H and O–H groups in total. The molecule has 0 unspecified atom stereocenters. The van der Waals surface area contributed by atoms with Gasteiger partial charge in [0.1, 0.15) is 17.3 Å². The number of aliphatic hydroxyl groups excluding tert-OH is 1. The molecule has 2 aromatic carbocycles. The molecule has 1 heterocycles. The third-order valence-electron chi connectivity index (χ3n) is 5.69. The lowest BCUT2D eigenvalue weighted by molar-refractivity contribution is -0.140. The third-order valence-corrected chi connectivity index (χ3v) is 5.69. The Bertz CT molecular complexity index is 1040. The molecule has 182 valence electrons. The summed E-state index contributed by atoms with van der Waals surface area (Å²) in [5, 5.41) is 11.2. The van der Waals surface area contributed by atoms with Gasteiger partial charge >= 0.3 is 0 Å². The van der Waals surface area contributed by atoms with Crippen molar-refractivity contribution < 1.29 is 24.2 Å². The van der Waals surface area contributed by atoms with Gasteiger partial charge in [-0.2, -0.15) is 0 Å². The fraction of sp³-hybridized carbons (Fsp3) is 0.407. The zero-order chi connectivity index (χ0) is 24.8. The van der Waals surface area contributed by atoms with Crippen LogP contribution in [0, 0.1) is 5.92 Å². The largest absolute Gasteiger partial charge is 0.507 e. The number of rotatable bonds is 10. The normalized spacial score (nSPS) is 17.6. The van der Waals surface area contributed by atoms with E-state index in [0.717, 1.165) is 6.54 Å². The van der Waals surface area contributed by atoms with E-state index in [-0.39, 0.29) is 11.3 Å². The Kier molecular flexibility index (Phi) is 8.34. The summed E-state index contributed by atoms with van der Waals surface area (Å²) in [7, 11) is 5.47. The van der Waals surface area contributed by atoms with Crippen LogP contribution in [0.15, 0.2) is 54.1 Å². The Morgan fingerprint density at radius 1 is 1.09 bits per heavy atom. The monoisotopic (exact) mass is 466 g/mol. The van der Waals surface area contributed by atoms with Crippen LogP contribution < -0.4 is 9.47 Å². The van der Waals surface area contributed by atoms with Crippen LogP contribution >= 0.6 is 0 Å². The summed E-state index contributed by atoms with van der Waals surface area (Å²) in [5.74, 6) is 0.0923. The van der Waals surface area contributed by atoms with E-state index in [1.807, 2.05) is 37.2 Å². The predicted octanol–water partition coefficient (Wildman–Crippen LogP) is 4.10. The Labute approximate surface area is 201 Å². The fourth-order valence-electron chi connectivity index (χ4n) is 4.01. The van der Waals surface area contributed by atoms with Gasteiger partial charge in [-0.15, -0.1) is 0 Å². The number of para-hydroxylation sites is 1. The highest BCUT2D eigenvalue weighted by Crippen LogP contribution is 2.42. The maximum absolute atomic E-state index is 13.2. The molecule has 0 aliphatic carbocycles. The van der Waals surface area contributed by atoms with Crippen molar-refractivity contribution in [3.8, 4) is 11.5 Å². The van der Waals surface area contributed by atoms with Crippen molar-refractivity contribution in [1.82, 2.24) is 9.80 Å². The molecule has 34 heavy (non-hydrogen) atoms. The van der Waals surface area contributed by atoms with Crippen molar-refractivity contribution in [2.75, 3.05) is 40.9 Å². The molecule has 0 saturated carbocycles. The fourth-order valence-corrected chi connectivity index (χ4v) is 4.01. The topological polar surface area (TPSA) is 79.3 Å². The Morgan fingerprint density at radius 3 is 2.38 bits per heavy atom. The number of methoxy groups -OCH3 is 1. The van der Waals surface area contributed by atoms with Crippen molar-refractivity contribution in [3.05, 3.63) is 65.2 Å². The molecule has 7 heteroatoms. The van der Waals surface area contributed by atoms with Crippen LogP contribution in [0.1, 0.15) is 37.4 Å². The van der Waals surface area contributed by atoms with Gasteiger partial charge in [-0.05, 0) is 63.3 Å². The summed E-state index contributed by atoms with van der Waals surface area (Å²) in [4.78, 5) is 29.8. The van der Waals surface area contributed by atoms with Crippen LogP contribution in [0.2, 0.25) is 0 Å². The van der Waals surface area contributed by atoms with Crippen LogP contribution in [0.25, 0.3) is 5.76 Å². The predicted molar refractivity (Wildman–Crippen MR) is 132 cm³/mol. The molecule has 0 spiro atoms. The van der Waals surface area contributed by atoms with Crippen LogP contribution in [0.4, 0.5) is 0 Å². The summed E-state index contributed by atoms with van der Waals surface area (Å²) in [6.45, 7) is 5.85. The first kappa shape index (κ1) is 25.3. The molecule has 0 bridgehead atoms. The maximum atomic E-state index is 13.2. The number of aliphatic hydroxyl groups is 1. The van der Waals surface area contributed by atoms with Crippen molar-refractivity contribution in [1.29, 1.82) is 0 Å². The number of ether oxygens (including phenoxy) is 2. The van der Waals surface area contributed by atoms with Gasteiger partial charge < -0.3 is 24.4 Å². The van der Waals surface area contributed by atoms with Gasteiger partial charge in [-0.1, -0.05) is 32.0 Å². The van der Waals surface area contributed by atoms with Gasteiger partial charge in [0.15, 0.2) is 0 Å². The second-order valence-electron chi connectivity index (χ2n) is 9.12. The molecule has 3 rings (SSSR count). The summed E-state index contributed by atoms with van der Waals surface area (Å²) < 4.78 is 11.3. The number of hydrogen-bond donors (Lipinski definition) is 1. The molecule has 1 aliphatic rings. The number of carbonyl (C=O) groups excluding carboxylic acids is 2. The smallest absolute Gasteiger partial charge is 0.295 e. The van der Waals surface area contributed by atoms with Gasteiger partial charge in [0, 0.05) is 17.7 Å². The lowest BCUT2D eigenvalue weighted by Gasteiger charge is -2.27. The Balaban J connectivity index is 2.04. The molecule has 1 amide bonds. The molecule has 1 fully saturated rings. The first-order valence-corrected chi connectivity index (χ1v) is 11.5. The van der Waals surface area contributed by atoms with E-state index in [1.165, 1.54) is 4.90 Å². The van der Waals surface area contributed by atoms with Crippen LogP contribution in [-0.4, -0.2) is 67.5 Å². The molecule has 1 aliphatic heterocycles. The molecular weight excluding hydrogens is 432 g/mol. The van der Waals surface area contributed by atoms with Crippen molar-refractivity contribution in [2.24, 2.45) is 5.92 Å². The second-order valence-corrected chi connectivity index (χ2v) is 9.12. The molecule has 1 saturated heterocycles. The average molecular weight is 467 g/mol. The van der Waals surface area contributed by atoms with Gasteiger partial charge in [0.2, 0.25) is 0 Å². The van der Waals surface area contributed by atoms with Crippen molar-refractivity contribution in [3.63, 3.8) is 0 Å². The maximum Gasteiger partial charge on any atom is 0.295 e. The van der Waals surface area contributed by atoms with Crippen molar-refractivity contribution >= 4 is 17.4 Å². The highest BCUT2D eigenvalue weighted by Gasteiger charge is 2.46. The van der Waals surface area contributed by atoms with E-state index in [9.17, 15) is 14.7 Å². The summed E-state index contributed by atoms with van der Waals surface area (Å²) in [5.41, 5.74) is 1.17. The summed E-state index contributed by atoms with van der Waals surface area (Å²) in [6.07, 6.45) is 0.688. The number of carbonyl (C=O) groups is 2. The SMILES string of the molecule is COc1ccccc1[C@H]1/C(=C(\O)c2ccc(OCC(C)C)cc2)C(=O)C(=O)N1CCCN(C)C. The molecule has 0 aromatic heterocycles. The molecule has 7 nitrogen and oxygen atoms in total. The van der Waals surface area contributed by atoms with Crippen LogP contribution in [0.3, 0.4) is 0 Å². The van der Waals surface area contributed by atoms with Crippen LogP contribution in [-0.2, 0) is 9.59 Å². The molecule has 0 radical (unpaired) electrons. The standard InChI is InChI=1S/C27H34N2O5/c1-18(2)17-34-20-13-11-19(12-14-20)25(30)23-24(21-9-6-7-10-22(21)33-5)29(27(32)26(23)31)16-8-15-28(3)4/h6-7,9-14,18,24,30H,8,15-17H2,1-5H3/b25-23+/t24-/m0/s1. The number of likely N-dealkylation sites (tertiary alicyclic amines) is 1. The highest BCUT2D eigenvalue weighted by molar-refractivity contribution is 6.46. The van der Waals surface area contributed by atoms with Crippen LogP contribution in [0.5, 0.6) is 11.5 Å². The second kappa shape index (κ2) is 11.2. The molecular formula is C27H34N2O5. The Morgan fingerprint density at radius 2 is 1.76 bits per heavy atom. The zero-order valence-electron chi connectivity index (χ0n) is 20.6. The number of amides is 1. The van der Waals surface area contributed by atoms with E-state index in [2.05, 4.69) is 13.8 Å². The van der Waals surface area contributed by atoms with E-state index >= 15 is 0 Å². The van der Waals surface area contributed by atoms with E-state index in [4.69, 9.17) is 9.47 Å². The zero-order valence-corrected chi connectivity index (χ0v) is 20.6. The average Bonchev–Trinajstić information content (AvgIpc) is 3.07. The number of hydrogen-bond acceptors (Lipinski definition) is 6. The van der Waals surface area contributed by atoms with E-state index < -0.39 is 17.7 Å². The lowest BCUT2D eigenvalue weighted by Crippen LogP contribution is -2.32. The lowest BCUT2D eigenvalue weighted by atomic mass is 9.94. The first-order valence-electron chi connectivity index (χ1n) is 11.5. The minimum atomic E-state index is -0.741. The number of benzene rings is 2. The third kappa shape index (κ3) is 5.59. The highest BCUT2D eigenvalue weighted by atomic mass is 16.5. The molecule has 1 atom stereocenters. The van der Waals surface area contributed by atoms with E-state index in [1.54, 1.807) is 37.4 Å².